The molecule has 0 unspecified atom stereocenters. The van der Waals surface area contributed by atoms with Crippen molar-refractivity contribution in [3.63, 3.8) is 0 Å². The first kappa shape index (κ1) is 54.4. The Morgan fingerprint density at radius 3 is 0.875 bits per heavy atom. The molecule has 0 bridgehead atoms. The molecule has 0 amide bonds. The van der Waals surface area contributed by atoms with Crippen LogP contribution < -0.4 is 0 Å². The zero-order valence-electron chi connectivity index (χ0n) is 38.1. The summed E-state index contributed by atoms with van der Waals surface area (Å²) in [5, 5.41) is 0. The molecule has 56 heavy (non-hydrogen) atoms. The van der Waals surface area contributed by atoms with Crippen molar-refractivity contribution in [3.8, 4) is 0 Å². The Morgan fingerprint density at radius 1 is 0.339 bits per heavy atom. The number of esters is 3. The standard InChI is InChI=1S/C50H96O6/c1-5-7-9-11-13-15-17-18-19-20-21-22-23-25-27-29-35-39-43-50(53)56-47(45-55-49(52)42-38-34-31-30-32-36-40-46(3)4)44-54-48(51)41-37-33-28-26-24-16-14-12-10-8-6-2/h46-47H,5-45H2,1-4H3/t47-/m0/s1. The van der Waals surface area contributed by atoms with E-state index in [1.54, 1.807) is 0 Å². The van der Waals surface area contributed by atoms with Gasteiger partial charge in [-0.2, -0.15) is 0 Å². The van der Waals surface area contributed by atoms with Crippen LogP contribution in [0.3, 0.4) is 0 Å². The van der Waals surface area contributed by atoms with E-state index in [1.807, 2.05) is 0 Å². The van der Waals surface area contributed by atoms with E-state index < -0.39 is 6.10 Å². The number of carbonyl (C=O) groups excluding carboxylic acids is 3. The summed E-state index contributed by atoms with van der Waals surface area (Å²) < 4.78 is 16.7. The molecule has 0 aromatic carbocycles. The van der Waals surface area contributed by atoms with E-state index in [2.05, 4.69) is 27.7 Å². The molecule has 0 N–H and O–H groups in total. The normalized spacial score (nSPS) is 11.9. The van der Waals surface area contributed by atoms with Gasteiger partial charge in [-0.25, -0.2) is 0 Å². The fourth-order valence-electron chi connectivity index (χ4n) is 7.51. The molecule has 1 atom stereocenters. The summed E-state index contributed by atoms with van der Waals surface area (Å²) >= 11 is 0. The molecule has 0 heterocycles. The van der Waals surface area contributed by atoms with E-state index in [9.17, 15) is 14.4 Å². The van der Waals surface area contributed by atoms with Gasteiger partial charge in [-0.05, 0) is 25.2 Å². The van der Waals surface area contributed by atoms with Gasteiger partial charge >= 0.3 is 17.9 Å². The van der Waals surface area contributed by atoms with Crippen molar-refractivity contribution in [2.75, 3.05) is 13.2 Å². The maximum absolute atomic E-state index is 12.8. The molecular formula is C50H96O6. The number of rotatable bonds is 45. The lowest BCUT2D eigenvalue weighted by atomic mass is 10.0. The van der Waals surface area contributed by atoms with Gasteiger partial charge in [0.15, 0.2) is 6.10 Å². The van der Waals surface area contributed by atoms with Gasteiger partial charge in [-0.3, -0.25) is 14.4 Å². The molecule has 0 aliphatic heterocycles. The molecule has 0 aromatic rings. The summed E-state index contributed by atoms with van der Waals surface area (Å²) in [7, 11) is 0. The van der Waals surface area contributed by atoms with Crippen molar-refractivity contribution < 1.29 is 28.6 Å². The molecule has 6 nitrogen and oxygen atoms in total. The molecule has 0 saturated heterocycles. The monoisotopic (exact) mass is 793 g/mol. The van der Waals surface area contributed by atoms with E-state index in [1.165, 1.54) is 173 Å². The van der Waals surface area contributed by atoms with Crippen LogP contribution in [0.25, 0.3) is 0 Å². The molecule has 0 aliphatic carbocycles. The van der Waals surface area contributed by atoms with Crippen LogP contribution in [0.15, 0.2) is 0 Å². The predicted molar refractivity (Wildman–Crippen MR) is 238 cm³/mol. The molecule has 6 heteroatoms. The molecular weight excluding hydrogens is 697 g/mol. The third kappa shape index (κ3) is 43.5. The van der Waals surface area contributed by atoms with Crippen LogP contribution in [-0.4, -0.2) is 37.2 Å². The van der Waals surface area contributed by atoms with Gasteiger partial charge < -0.3 is 14.2 Å². The van der Waals surface area contributed by atoms with E-state index >= 15 is 0 Å². The number of ether oxygens (including phenoxy) is 3. The molecule has 0 rings (SSSR count). The first-order chi connectivity index (χ1) is 27.4. The average molecular weight is 793 g/mol. The lowest BCUT2D eigenvalue weighted by Gasteiger charge is -2.18. The maximum atomic E-state index is 12.8. The lowest BCUT2D eigenvalue weighted by molar-refractivity contribution is -0.167. The van der Waals surface area contributed by atoms with Crippen molar-refractivity contribution >= 4 is 17.9 Å². The number of carbonyl (C=O) groups is 3. The minimum Gasteiger partial charge on any atom is -0.462 e. The second kappa shape index (κ2) is 44.5. The Bertz CT molecular complexity index is 841. The quantitative estimate of drug-likeness (QED) is 0.0347. The summed E-state index contributed by atoms with van der Waals surface area (Å²) in [5.41, 5.74) is 0. The van der Waals surface area contributed by atoms with Crippen molar-refractivity contribution in [2.45, 2.75) is 284 Å². The van der Waals surface area contributed by atoms with Gasteiger partial charge in [0, 0.05) is 19.3 Å². The van der Waals surface area contributed by atoms with E-state index in [-0.39, 0.29) is 31.1 Å². The Balaban J connectivity index is 4.24. The van der Waals surface area contributed by atoms with Crippen LogP contribution in [0.1, 0.15) is 278 Å². The van der Waals surface area contributed by atoms with Gasteiger partial charge in [-0.1, -0.05) is 240 Å². The van der Waals surface area contributed by atoms with Gasteiger partial charge in [0.2, 0.25) is 0 Å². The number of hydrogen-bond acceptors (Lipinski definition) is 6. The Kier molecular flexibility index (Phi) is 43.2. The van der Waals surface area contributed by atoms with Crippen LogP contribution in [0.2, 0.25) is 0 Å². The summed E-state index contributed by atoms with van der Waals surface area (Å²) in [4.78, 5) is 37.8. The fraction of sp³-hybridized carbons (Fsp3) is 0.940. The molecule has 0 saturated carbocycles. The Labute approximate surface area is 348 Å². The topological polar surface area (TPSA) is 78.9 Å². The van der Waals surface area contributed by atoms with Gasteiger partial charge in [0.05, 0.1) is 0 Å². The highest BCUT2D eigenvalue weighted by atomic mass is 16.6. The van der Waals surface area contributed by atoms with E-state index in [4.69, 9.17) is 14.2 Å². The summed E-state index contributed by atoms with van der Waals surface area (Å²) in [6.45, 7) is 8.94. The molecule has 0 aromatic heterocycles. The highest BCUT2D eigenvalue weighted by Gasteiger charge is 2.19. The van der Waals surface area contributed by atoms with Gasteiger partial charge in [0.1, 0.15) is 13.2 Å². The molecule has 332 valence electrons. The van der Waals surface area contributed by atoms with Gasteiger partial charge in [0.25, 0.3) is 0 Å². The Morgan fingerprint density at radius 2 is 0.589 bits per heavy atom. The smallest absolute Gasteiger partial charge is 0.306 e. The first-order valence-corrected chi connectivity index (χ1v) is 24.9. The van der Waals surface area contributed by atoms with E-state index in [0.717, 1.165) is 63.7 Å². The number of unbranched alkanes of at least 4 members (excludes halogenated alkanes) is 32. The summed E-state index contributed by atoms with van der Waals surface area (Å²) in [5.74, 6) is -0.0902. The molecule has 0 radical (unpaired) electrons. The minimum absolute atomic E-state index is 0.0641. The van der Waals surface area contributed by atoms with Crippen molar-refractivity contribution in [2.24, 2.45) is 5.92 Å². The third-order valence-electron chi connectivity index (χ3n) is 11.3. The second-order valence-corrected chi connectivity index (χ2v) is 17.6. The number of hydrogen-bond donors (Lipinski definition) is 0. The largest absolute Gasteiger partial charge is 0.462 e. The highest BCUT2D eigenvalue weighted by Crippen LogP contribution is 2.17. The SMILES string of the molecule is CCCCCCCCCCCCCCCCCCCCC(=O)O[C@@H](COC(=O)CCCCCCCCCCCCC)COC(=O)CCCCCCCCC(C)C. The summed E-state index contributed by atoms with van der Waals surface area (Å²) in [6.07, 6.45) is 45.3. The lowest BCUT2D eigenvalue weighted by Crippen LogP contribution is -2.30. The zero-order chi connectivity index (χ0) is 41.0. The van der Waals surface area contributed by atoms with Crippen LogP contribution in [-0.2, 0) is 28.6 Å². The van der Waals surface area contributed by atoms with Crippen molar-refractivity contribution in [3.05, 3.63) is 0 Å². The van der Waals surface area contributed by atoms with Crippen LogP contribution in [0.4, 0.5) is 0 Å². The summed E-state index contributed by atoms with van der Waals surface area (Å²) in [6, 6.07) is 0. The van der Waals surface area contributed by atoms with Gasteiger partial charge in [-0.15, -0.1) is 0 Å². The molecule has 0 fully saturated rings. The third-order valence-corrected chi connectivity index (χ3v) is 11.3. The van der Waals surface area contributed by atoms with Crippen molar-refractivity contribution in [1.29, 1.82) is 0 Å². The highest BCUT2D eigenvalue weighted by molar-refractivity contribution is 5.71. The van der Waals surface area contributed by atoms with E-state index in [0.29, 0.717) is 19.3 Å². The first-order valence-electron chi connectivity index (χ1n) is 24.9. The fourth-order valence-corrected chi connectivity index (χ4v) is 7.51. The predicted octanol–water partition coefficient (Wildman–Crippen LogP) is 15.9. The minimum atomic E-state index is -0.760. The average Bonchev–Trinajstić information content (AvgIpc) is 3.18. The zero-order valence-corrected chi connectivity index (χ0v) is 38.1. The van der Waals surface area contributed by atoms with Crippen LogP contribution >= 0.6 is 0 Å². The van der Waals surface area contributed by atoms with Crippen LogP contribution in [0.5, 0.6) is 0 Å². The maximum Gasteiger partial charge on any atom is 0.306 e. The van der Waals surface area contributed by atoms with Crippen LogP contribution in [0, 0.1) is 5.92 Å². The molecule has 0 aliphatic rings. The second-order valence-electron chi connectivity index (χ2n) is 17.6. The Hall–Kier alpha value is -1.59. The van der Waals surface area contributed by atoms with Crippen molar-refractivity contribution in [1.82, 2.24) is 0 Å². The molecule has 0 spiro atoms.